The fourth-order valence-corrected chi connectivity index (χ4v) is 2.78. The highest BCUT2D eigenvalue weighted by molar-refractivity contribution is 5.82. The van der Waals surface area contributed by atoms with Crippen molar-refractivity contribution in [1.82, 2.24) is 5.16 Å². The topological polar surface area (TPSA) is 63.3 Å². The molecule has 0 saturated heterocycles. The van der Waals surface area contributed by atoms with Crippen molar-refractivity contribution in [3.8, 4) is 11.3 Å². The monoisotopic (exact) mass is 285 g/mol. The van der Waals surface area contributed by atoms with Crippen molar-refractivity contribution in [3.05, 3.63) is 41.6 Å². The lowest BCUT2D eigenvalue weighted by molar-refractivity contribution is -0.147. The van der Waals surface area contributed by atoms with Crippen LogP contribution in [0.3, 0.4) is 0 Å². The molecule has 0 spiro atoms. The summed E-state index contributed by atoms with van der Waals surface area (Å²) < 4.78 is 5.37. The summed E-state index contributed by atoms with van der Waals surface area (Å²) in [4.78, 5) is 11.5. The second-order valence-electron chi connectivity index (χ2n) is 6.09. The van der Waals surface area contributed by atoms with Gasteiger partial charge in [0, 0.05) is 11.6 Å². The Labute approximate surface area is 123 Å². The second kappa shape index (κ2) is 5.02. The van der Waals surface area contributed by atoms with E-state index in [9.17, 15) is 9.90 Å². The number of aromatic nitrogens is 1. The van der Waals surface area contributed by atoms with E-state index in [-0.39, 0.29) is 0 Å². The second-order valence-corrected chi connectivity index (χ2v) is 6.09. The van der Waals surface area contributed by atoms with E-state index in [0.717, 1.165) is 12.0 Å². The molecule has 0 aliphatic heterocycles. The Balaban J connectivity index is 1.90. The summed E-state index contributed by atoms with van der Waals surface area (Å²) in [6, 6.07) is 9.90. The number of carbonyl (C=O) groups is 1. The zero-order valence-corrected chi connectivity index (χ0v) is 12.3. The van der Waals surface area contributed by atoms with E-state index in [2.05, 4.69) is 31.1 Å². The molecule has 4 nitrogen and oxygen atoms in total. The molecule has 0 unspecified atom stereocenters. The molecule has 1 aliphatic carbocycles. The molecule has 0 bridgehead atoms. The SMILES string of the molecule is CC(C)c1ccc(-c2cc(C3(C(=O)O)CCC3)no2)cc1. The first-order valence-corrected chi connectivity index (χ1v) is 7.34. The third-order valence-electron chi connectivity index (χ3n) is 4.48. The van der Waals surface area contributed by atoms with Gasteiger partial charge < -0.3 is 9.63 Å². The maximum absolute atomic E-state index is 11.5. The number of nitrogens with zero attached hydrogens (tertiary/aromatic N) is 1. The smallest absolute Gasteiger partial charge is 0.315 e. The quantitative estimate of drug-likeness (QED) is 0.923. The first-order valence-electron chi connectivity index (χ1n) is 7.34. The van der Waals surface area contributed by atoms with Crippen LogP contribution in [0.25, 0.3) is 11.3 Å². The van der Waals surface area contributed by atoms with E-state index >= 15 is 0 Å². The van der Waals surface area contributed by atoms with Gasteiger partial charge >= 0.3 is 5.97 Å². The van der Waals surface area contributed by atoms with Gasteiger partial charge in [0.15, 0.2) is 5.76 Å². The van der Waals surface area contributed by atoms with Crippen LogP contribution in [0.15, 0.2) is 34.9 Å². The van der Waals surface area contributed by atoms with E-state index in [1.165, 1.54) is 5.56 Å². The number of hydrogen-bond acceptors (Lipinski definition) is 3. The number of carboxylic acid groups (broad SMARTS) is 1. The van der Waals surface area contributed by atoms with E-state index in [1.54, 1.807) is 6.07 Å². The molecule has 21 heavy (non-hydrogen) atoms. The zero-order valence-electron chi connectivity index (χ0n) is 12.3. The number of benzene rings is 1. The summed E-state index contributed by atoms with van der Waals surface area (Å²) in [7, 11) is 0. The predicted octanol–water partition coefficient (Wildman–Crippen LogP) is 3.97. The highest BCUT2D eigenvalue weighted by atomic mass is 16.5. The molecular formula is C17H19NO3. The van der Waals surface area contributed by atoms with Crippen LogP contribution in [-0.4, -0.2) is 16.2 Å². The van der Waals surface area contributed by atoms with Crippen molar-refractivity contribution in [3.63, 3.8) is 0 Å². The van der Waals surface area contributed by atoms with Crippen LogP contribution in [0.1, 0.15) is 50.3 Å². The van der Waals surface area contributed by atoms with Gasteiger partial charge in [-0.3, -0.25) is 4.79 Å². The van der Waals surface area contributed by atoms with Gasteiger partial charge in [-0.25, -0.2) is 0 Å². The zero-order chi connectivity index (χ0) is 15.0. The normalized spacial score (nSPS) is 16.7. The van der Waals surface area contributed by atoms with Crippen LogP contribution in [0.5, 0.6) is 0 Å². The predicted molar refractivity (Wildman–Crippen MR) is 79.2 cm³/mol. The number of hydrogen-bond donors (Lipinski definition) is 1. The molecule has 1 aliphatic rings. The lowest BCUT2D eigenvalue weighted by Crippen LogP contribution is -2.42. The van der Waals surface area contributed by atoms with Gasteiger partial charge in [-0.1, -0.05) is 49.7 Å². The number of rotatable bonds is 4. The van der Waals surface area contributed by atoms with Crippen LogP contribution in [-0.2, 0) is 10.2 Å². The molecule has 4 heteroatoms. The molecule has 3 rings (SSSR count). The van der Waals surface area contributed by atoms with Crippen molar-refractivity contribution in [2.45, 2.75) is 44.4 Å². The van der Waals surface area contributed by atoms with Crippen LogP contribution in [0, 0.1) is 0 Å². The number of carboxylic acids is 1. The summed E-state index contributed by atoms with van der Waals surface area (Å²) >= 11 is 0. The molecule has 1 heterocycles. The molecule has 1 fully saturated rings. The standard InChI is InChI=1S/C17H19NO3/c1-11(2)12-4-6-13(7-5-12)14-10-15(18-21-14)17(16(19)20)8-3-9-17/h4-7,10-11H,3,8-9H2,1-2H3,(H,19,20). The van der Waals surface area contributed by atoms with Crippen molar-refractivity contribution < 1.29 is 14.4 Å². The van der Waals surface area contributed by atoms with Gasteiger partial charge in [0.1, 0.15) is 11.1 Å². The summed E-state index contributed by atoms with van der Waals surface area (Å²) in [5.41, 5.74) is 1.90. The van der Waals surface area contributed by atoms with Crippen molar-refractivity contribution in [1.29, 1.82) is 0 Å². The first kappa shape index (κ1) is 13.9. The summed E-state index contributed by atoms with van der Waals surface area (Å²) in [6.07, 6.45) is 2.21. The molecule has 0 atom stereocenters. The highest BCUT2D eigenvalue weighted by Gasteiger charge is 2.48. The van der Waals surface area contributed by atoms with Crippen molar-refractivity contribution in [2.24, 2.45) is 0 Å². The number of aliphatic carboxylic acids is 1. The Morgan fingerprint density at radius 3 is 2.43 bits per heavy atom. The fraction of sp³-hybridized carbons (Fsp3) is 0.412. The van der Waals surface area contributed by atoms with E-state index in [1.807, 2.05) is 12.1 Å². The Hall–Kier alpha value is -2.10. The molecule has 0 amide bonds. The van der Waals surface area contributed by atoms with Gasteiger partial charge in [0.05, 0.1) is 0 Å². The van der Waals surface area contributed by atoms with Gasteiger partial charge in [-0.2, -0.15) is 0 Å². The Morgan fingerprint density at radius 2 is 1.95 bits per heavy atom. The summed E-state index contributed by atoms with van der Waals surface area (Å²) in [5, 5.41) is 13.4. The van der Waals surface area contributed by atoms with Gasteiger partial charge in [0.2, 0.25) is 0 Å². The van der Waals surface area contributed by atoms with Gasteiger partial charge in [-0.15, -0.1) is 0 Å². The molecule has 1 N–H and O–H groups in total. The largest absolute Gasteiger partial charge is 0.481 e. The Kier molecular flexibility index (Phi) is 3.32. The third kappa shape index (κ3) is 2.24. The van der Waals surface area contributed by atoms with Crippen LogP contribution >= 0.6 is 0 Å². The lowest BCUT2D eigenvalue weighted by Gasteiger charge is -2.35. The molecular weight excluding hydrogens is 266 g/mol. The van der Waals surface area contributed by atoms with Crippen LogP contribution < -0.4 is 0 Å². The molecule has 1 saturated carbocycles. The maximum Gasteiger partial charge on any atom is 0.315 e. The highest BCUT2D eigenvalue weighted by Crippen LogP contribution is 2.44. The Bertz CT molecular complexity index is 651. The summed E-state index contributed by atoms with van der Waals surface area (Å²) in [6.45, 7) is 4.30. The third-order valence-corrected chi connectivity index (χ3v) is 4.48. The van der Waals surface area contributed by atoms with Crippen LogP contribution in [0.2, 0.25) is 0 Å². The molecule has 1 aromatic heterocycles. The Morgan fingerprint density at radius 1 is 1.29 bits per heavy atom. The average Bonchev–Trinajstić information content (AvgIpc) is 2.87. The summed E-state index contributed by atoms with van der Waals surface area (Å²) in [5.74, 6) is 0.311. The van der Waals surface area contributed by atoms with E-state index in [4.69, 9.17) is 4.52 Å². The minimum absolute atomic E-state index is 0.481. The van der Waals surface area contributed by atoms with E-state index < -0.39 is 11.4 Å². The molecule has 110 valence electrons. The van der Waals surface area contributed by atoms with Gasteiger partial charge in [0.25, 0.3) is 0 Å². The fourth-order valence-electron chi connectivity index (χ4n) is 2.78. The molecule has 1 aromatic carbocycles. The van der Waals surface area contributed by atoms with Gasteiger partial charge in [-0.05, 0) is 24.3 Å². The molecule has 2 aromatic rings. The maximum atomic E-state index is 11.5. The van der Waals surface area contributed by atoms with Crippen molar-refractivity contribution >= 4 is 5.97 Å². The average molecular weight is 285 g/mol. The van der Waals surface area contributed by atoms with Crippen molar-refractivity contribution in [2.75, 3.05) is 0 Å². The lowest BCUT2D eigenvalue weighted by atomic mass is 9.66. The van der Waals surface area contributed by atoms with Crippen LogP contribution in [0.4, 0.5) is 0 Å². The first-order chi connectivity index (χ1) is 10.0. The minimum Gasteiger partial charge on any atom is -0.481 e. The minimum atomic E-state index is -0.834. The molecule has 0 radical (unpaired) electrons. The van der Waals surface area contributed by atoms with E-state index in [0.29, 0.717) is 30.2 Å².